The Labute approximate surface area is 151 Å². The van der Waals surface area contributed by atoms with Crippen LogP contribution in [0, 0.1) is 13.8 Å². The van der Waals surface area contributed by atoms with Gasteiger partial charge in [-0.25, -0.2) is 0 Å². The Morgan fingerprint density at radius 1 is 1.20 bits per heavy atom. The summed E-state index contributed by atoms with van der Waals surface area (Å²) < 4.78 is 5.86. The van der Waals surface area contributed by atoms with E-state index in [1.54, 1.807) is 11.3 Å². The normalized spacial score (nSPS) is 17.3. The summed E-state index contributed by atoms with van der Waals surface area (Å²) in [6.45, 7) is 8.38. The van der Waals surface area contributed by atoms with Gasteiger partial charge in [0, 0.05) is 42.5 Å². The zero-order valence-electron chi connectivity index (χ0n) is 14.6. The molecule has 3 heterocycles. The molecule has 1 saturated heterocycles. The number of rotatable bonds is 4. The van der Waals surface area contributed by atoms with Crippen molar-refractivity contribution in [3.05, 3.63) is 45.6 Å². The summed E-state index contributed by atoms with van der Waals surface area (Å²) in [5, 5.41) is 10.6. The number of aryl methyl sites for hydroxylation is 2. The third-order valence-corrected chi connectivity index (χ3v) is 5.78. The van der Waals surface area contributed by atoms with Crippen molar-refractivity contribution in [2.45, 2.75) is 20.0 Å². The largest absolute Gasteiger partial charge is 0.423 e. The summed E-state index contributed by atoms with van der Waals surface area (Å²) in [6.07, 6.45) is -0.416. The van der Waals surface area contributed by atoms with Crippen molar-refractivity contribution in [3.8, 4) is 0 Å². The lowest BCUT2D eigenvalue weighted by molar-refractivity contribution is 0.109. The molecule has 1 fully saturated rings. The number of aromatic nitrogens is 1. The van der Waals surface area contributed by atoms with Gasteiger partial charge in [0.05, 0.1) is 6.10 Å². The SMILES string of the molecule is Cc1cc(C(O)CN2CCN(c3nc4ccccc4o3)CC2)c(C)s1. The fourth-order valence-corrected chi connectivity index (χ4v) is 4.42. The van der Waals surface area contributed by atoms with Crippen molar-refractivity contribution in [1.29, 1.82) is 0 Å². The van der Waals surface area contributed by atoms with E-state index in [1.165, 1.54) is 9.75 Å². The Morgan fingerprint density at radius 3 is 2.64 bits per heavy atom. The Hall–Kier alpha value is -1.89. The molecular weight excluding hydrogens is 334 g/mol. The summed E-state index contributed by atoms with van der Waals surface area (Å²) in [4.78, 5) is 11.6. The monoisotopic (exact) mass is 357 g/mol. The van der Waals surface area contributed by atoms with Gasteiger partial charge >= 0.3 is 0 Å². The fraction of sp³-hybridized carbons (Fsp3) is 0.421. The lowest BCUT2D eigenvalue weighted by Gasteiger charge is -2.34. The number of hydrogen-bond donors (Lipinski definition) is 1. The average Bonchev–Trinajstić information content (AvgIpc) is 3.18. The maximum absolute atomic E-state index is 10.6. The van der Waals surface area contributed by atoms with E-state index in [-0.39, 0.29) is 0 Å². The minimum absolute atomic E-state index is 0.416. The molecule has 0 spiro atoms. The Balaban J connectivity index is 1.37. The third-order valence-electron chi connectivity index (χ3n) is 4.79. The van der Waals surface area contributed by atoms with Crippen LogP contribution in [0.5, 0.6) is 0 Å². The highest BCUT2D eigenvalue weighted by atomic mass is 32.1. The van der Waals surface area contributed by atoms with Gasteiger partial charge in [-0.1, -0.05) is 12.1 Å². The second-order valence-corrected chi connectivity index (χ2v) is 8.10. The number of thiophene rings is 1. The average molecular weight is 357 g/mol. The first-order valence-corrected chi connectivity index (χ1v) is 9.49. The van der Waals surface area contributed by atoms with Crippen molar-refractivity contribution in [3.63, 3.8) is 0 Å². The summed E-state index contributed by atoms with van der Waals surface area (Å²) in [6, 6.07) is 10.7. The Bertz CT molecular complexity index is 832. The molecule has 0 aliphatic carbocycles. The van der Waals surface area contributed by atoms with Crippen LogP contribution in [0.15, 0.2) is 34.7 Å². The second kappa shape index (κ2) is 6.78. The summed E-state index contributed by atoms with van der Waals surface area (Å²) in [5.41, 5.74) is 2.81. The minimum atomic E-state index is -0.416. The standard InChI is InChI=1S/C19H23N3O2S/c1-13-11-15(14(2)25-13)17(23)12-21-7-9-22(10-8-21)19-20-16-5-3-4-6-18(16)24-19/h3-6,11,17,23H,7-10,12H2,1-2H3. The molecule has 0 bridgehead atoms. The Morgan fingerprint density at radius 2 is 1.96 bits per heavy atom. The minimum Gasteiger partial charge on any atom is -0.423 e. The molecule has 132 valence electrons. The number of fused-ring (bicyclic) bond motifs is 1. The van der Waals surface area contributed by atoms with Crippen molar-refractivity contribution in [1.82, 2.24) is 9.88 Å². The molecule has 2 aromatic heterocycles. The highest BCUT2D eigenvalue weighted by Gasteiger charge is 2.23. The first-order valence-electron chi connectivity index (χ1n) is 8.68. The van der Waals surface area contributed by atoms with Crippen LogP contribution in [-0.4, -0.2) is 47.7 Å². The summed E-state index contributed by atoms with van der Waals surface area (Å²) in [5.74, 6) is 0. The van der Waals surface area contributed by atoms with Crippen LogP contribution in [-0.2, 0) is 0 Å². The Kier molecular flexibility index (Phi) is 4.50. The molecule has 4 rings (SSSR count). The van der Waals surface area contributed by atoms with E-state index >= 15 is 0 Å². The predicted octanol–water partition coefficient (Wildman–Crippen LogP) is 3.36. The first-order chi connectivity index (χ1) is 12.1. The van der Waals surface area contributed by atoms with Crippen LogP contribution in [0.4, 0.5) is 6.01 Å². The molecule has 5 nitrogen and oxygen atoms in total. The van der Waals surface area contributed by atoms with Crippen LogP contribution in [0.1, 0.15) is 21.4 Å². The lowest BCUT2D eigenvalue weighted by Crippen LogP contribution is -2.47. The quantitative estimate of drug-likeness (QED) is 0.776. The summed E-state index contributed by atoms with van der Waals surface area (Å²) >= 11 is 1.75. The molecule has 3 aromatic rings. The number of aliphatic hydroxyl groups is 1. The van der Waals surface area contributed by atoms with Crippen LogP contribution in [0.2, 0.25) is 0 Å². The molecule has 1 aromatic carbocycles. The van der Waals surface area contributed by atoms with E-state index in [0.29, 0.717) is 12.6 Å². The van der Waals surface area contributed by atoms with Crippen LogP contribution in [0.3, 0.4) is 0 Å². The fourth-order valence-electron chi connectivity index (χ4n) is 3.44. The van der Waals surface area contributed by atoms with Crippen LogP contribution in [0.25, 0.3) is 11.1 Å². The molecule has 1 unspecified atom stereocenters. The molecule has 6 heteroatoms. The number of para-hydroxylation sites is 2. The van der Waals surface area contributed by atoms with Gasteiger partial charge in [0.15, 0.2) is 5.58 Å². The number of hydrogen-bond acceptors (Lipinski definition) is 6. The van der Waals surface area contributed by atoms with E-state index in [9.17, 15) is 5.11 Å². The van der Waals surface area contributed by atoms with Gasteiger partial charge < -0.3 is 14.4 Å². The number of piperazine rings is 1. The zero-order chi connectivity index (χ0) is 17.4. The molecule has 0 amide bonds. The molecule has 0 saturated carbocycles. The maximum atomic E-state index is 10.6. The van der Waals surface area contributed by atoms with E-state index in [4.69, 9.17) is 4.42 Å². The predicted molar refractivity (Wildman–Crippen MR) is 101 cm³/mol. The third kappa shape index (κ3) is 3.42. The number of β-amino-alcohol motifs (C(OH)–C–C–N with tert-alkyl or cyclic N) is 1. The van der Waals surface area contributed by atoms with Gasteiger partial charge in [-0.15, -0.1) is 11.3 Å². The van der Waals surface area contributed by atoms with Gasteiger partial charge in [-0.05, 0) is 37.6 Å². The van der Waals surface area contributed by atoms with Gasteiger partial charge in [0.25, 0.3) is 6.01 Å². The van der Waals surface area contributed by atoms with Gasteiger partial charge in [-0.3, -0.25) is 4.90 Å². The highest BCUT2D eigenvalue weighted by Crippen LogP contribution is 2.27. The van der Waals surface area contributed by atoms with Crippen molar-refractivity contribution < 1.29 is 9.52 Å². The molecular formula is C19H23N3O2S. The number of nitrogens with zero attached hydrogens (tertiary/aromatic N) is 3. The van der Waals surface area contributed by atoms with E-state index in [0.717, 1.165) is 42.8 Å². The molecule has 1 aliphatic heterocycles. The number of benzene rings is 1. The second-order valence-electron chi connectivity index (χ2n) is 6.64. The van der Waals surface area contributed by atoms with Crippen molar-refractivity contribution in [2.24, 2.45) is 0 Å². The lowest BCUT2D eigenvalue weighted by atomic mass is 10.1. The number of oxazole rings is 1. The topological polar surface area (TPSA) is 52.7 Å². The zero-order valence-corrected chi connectivity index (χ0v) is 15.4. The van der Waals surface area contributed by atoms with Crippen LogP contribution < -0.4 is 4.90 Å². The first kappa shape index (κ1) is 16.6. The van der Waals surface area contributed by atoms with E-state index in [1.807, 2.05) is 24.3 Å². The van der Waals surface area contributed by atoms with Gasteiger partial charge in [-0.2, -0.15) is 4.98 Å². The molecule has 1 aliphatic rings. The number of anilines is 1. The van der Waals surface area contributed by atoms with Crippen molar-refractivity contribution >= 4 is 28.5 Å². The van der Waals surface area contributed by atoms with Gasteiger partial charge in [0.2, 0.25) is 0 Å². The summed E-state index contributed by atoms with van der Waals surface area (Å²) in [7, 11) is 0. The smallest absolute Gasteiger partial charge is 0.298 e. The van der Waals surface area contributed by atoms with Crippen molar-refractivity contribution in [2.75, 3.05) is 37.6 Å². The van der Waals surface area contributed by atoms with Crippen LogP contribution >= 0.6 is 11.3 Å². The highest BCUT2D eigenvalue weighted by molar-refractivity contribution is 7.12. The molecule has 1 N–H and O–H groups in total. The van der Waals surface area contributed by atoms with E-state index < -0.39 is 6.10 Å². The van der Waals surface area contributed by atoms with Gasteiger partial charge in [0.1, 0.15) is 5.52 Å². The van der Waals surface area contributed by atoms with E-state index in [2.05, 4.69) is 34.7 Å². The number of aliphatic hydroxyl groups excluding tert-OH is 1. The molecule has 0 radical (unpaired) electrons. The molecule has 25 heavy (non-hydrogen) atoms. The maximum Gasteiger partial charge on any atom is 0.298 e. The molecule has 1 atom stereocenters.